The second-order valence-electron chi connectivity index (χ2n) is 6.25. The molecule has 1 aromatic carbocycles. The van der Waals surface area contributed by atoms with Crippen molar-refractivity contribution in [3.8, 4) is 0 Å². The molecule has 1 heterocycles. The van der Waals surface area contributed by atoms with Gasteiger partial charge in [0, 0.05) is 5.56 Å². The van der Waals surface area contributed by atoms with Crippen LogP contribution in [0.1, 0.15) is 48.9 Å². The van der Waals surface area contributed by atoms with Crippen molar-refractivity contribution >= 4 is 12.2 Å². The number of anilines is 1. The number of imidazole rings is 1. The summed E-state index contributed by atoms with van der Waals surface area (Å²) in [6.07, 6.45) is 9.41. The van der Waals surface area contributed by atoms with Crippen LogP contribution < -0.4 is 5.73 Å². The quantitative estimate of drug-likeness (QED) is 0.851. The van der Waals surface area contributed by atoms with Gasteiger partial charge in [-0.1, -0.05) is 31.4 Å². The Hall–Kier alpha value is -2.21. The van der Waals surface area contributed by atoms with Crippen LogP contribution in [0.25, 0.3) is 0 Å². The highest BCUT2D eigenvalue weighted by Crippen LogP contribution is 2.22. The van der Waals surface area contributed by atoms with Crippen LogP contribution in [0, 0.1) is 12.7 Å². The van der Waals surface area contributed by atoms with Gasteiger partial charge in [0.15, 0.2) is 0 Å². The van der Waals surface area contributed by atoms with Crippen LogP contribution >= 0.6 is 0 Å². The Morgan fingerprint density at radius 1 is 1.38 bits per heavy atom. The lowest BCUT2D eigenvalue weighted by Gasteiger charge is -2.22. The molecule has 0 radical (unpaired) electrons. The van der Waals surface area contributed by atoms with E-state index in [0.717, 1.165) is 18.5 Å². The molecule has 0 saturated heterocycles. The third kappa shape index (κ3) is 4.20. The maximum atomic E-state index is 14.2. The van der Waals surface area contributed by atoms with E-state index in [-0.39, 0.29) is 11.9 Å². The number of aromatic nitrogens is 2. The van der Waals surface area contributed by atoms with E-state index in [9.17, 15) is 4.39 Å². The summed E-state index contributed by atoms with van der Waals surface area (Å²) in [5.74, 6) is 0.0336. The fourth-order valence-electron chi connectivity index (χ4n) is 2.93. The molecule has 1 fully saturated rings. The van der Waals surface area contributed by atoms with Gasteiger partial charge in [-0.05, 0) is 31.4 Å². The number of aryl methyl sites for hydroxylation is 1. The van der Waals surface area contributed by atoms with Crippen molar-refractivity contribution in [2.24, 2.45) is 5.10 Å². The Morgan fingerprint density at radius 3 is 2.83 bits per heavy atom. The Bertz CT molecular complexity index is 720. The van der Waals surface area contributed by atoms with Crippen molar-refractivity contribution in [2.75, 3.05) is 5.73 Å². The molecule has 0 amide bonds. The van der Waals surface area contributed by atoms with Gasteiger partial charge in [0.2, 0.25) is 5.95 Å². The number of nitrogens with zero attached hydrogens (tertiary/aromatic N) is 3. The summed E-state index contributed by atoms with van der Waals surface area (Å²) in [6, 6.07) is 5.04. The van der Waals surface area contributed by atoms with Crippen LogP contribution in [0.15, 0.2) is 29.5 Å². The van der Waals surface area contributed by atoms with Gasteiger partial charge in [-0.15, -0.1) is 0 Å². The van der Waals surface area contributed by atoms with Crippen molar-refractivity contribution < 1.29 is 9.13 Å². The lowest BCUT2D eigenvalue weighted by molar-refractivity contribution is 0.0156. The lowest BCUT2D eigenvalue weighted by Crippen LogP contribution is -2.16. The highest BCUT2D eigenvalue weighted by Gasteiger charge is 2.14. The minimum absolute atomic E-state index is 0.270. The van der Waals surface area contributed by atoms with E-state index in [4.69, 9.17) is 10.5 Å². The van der Waals surface area contributed by atoms with Crippen LogP contribution in [-0.2, 0) is 11.3 Å². The fourth-order valence-corrected chi connectivity index (χ4v) is 2.93. The summed E-state index contributed by atoms with van der Waals surface area (Å²) in [7, 11) is 0. The lowest BCUT2D eigenvalue weighted by atomic mass is 9.98. The van der Waals surface area contributed by atoms with E-state index < -0.39 is 0 Å². The molecule has 0 spiro atoms. The number of rotatable bonds is 5. The van der Waals surface area contributed by atoms with Gasteiger partial charge in [0.25, 0.3) is 0 Å². The summed E-state index contributed by atoms with van der Waals surface area (Å²) in [5.41, 5.74) is 7.75. The van der Waals surface area contributed by atoms with E-state index in [1.165, 1.54) is 30.0 Å². The largest absolute Gasteiger partial charge is 0.373 e. The van der Waals surface area contributed by atoms with Gasteiger partial charge in [0.05, 0.1) is 30.8 Å². The molecule has 2 N–H and O–H groups in total. The van der Waals surface area contributed by atoms with Crippen molar-refractivity contribution in [1.82, 2.24) is 9.66 Å². The van der Waals surface area contributed by atoms with Crippen LogP contribution in [0.3, 0.4) is 0 Å². The van der Waals surface area contributed by atoms with Crippen molar-refractivity contribution in [1.29, 1.82) is 0 Å². The number of hydrogen-bond acceptors (Lipinski definition) is 4. The highest BCUT2D eigenvalue weighted by atomic mass is 19.1. The highest BCUT2D eigenvalue weighted by molar-refractivity contribution is 5.79. The first-order chi connectivity index (χ1) is 11.6. The molecule has 1 aliphatic rings. The monoisotopic (exact) mass is 330 g/mol. The zero-order chi connectivity index (χ0) is 16.9. The average Bonchev–Trinajstić information content (AvgIpc) is 2.90. The van der Waals surface area contributed by atoms with Crippen LogP contribution in [0.4, 0.5) is 10.3 Å². The van der Waals surface area contributed by atoms with Gasteiger partial charge < -0.3 is 10.5 Å². The zero-order valence-corrected chi connectivity index (χ0v) is 13.9. The summed E-state index contributed by atoms with van der Waals surface area (Å²) >= 11 is 0. The number of hydrogen-bond donors (Lipinski definition) is 1. The van der Waals surface area contributed by atoms with Crippen LogP contribution in [-0.4, -0.2) is 22.0 Å². The third-order valence-electron chi connectivity index (χ3n) is 4.27. The van der Waals surface area contributed by atoms with Gasteiger partial charge in [-0.2, -0.15) is 5.10 Å². The van der Waals surface area contributed by atoms with Crippen LogP contribution in [0.2, 0.25) is 0 Å². The molecule has 1 aromatic heterocycles. The number of halogens is 1. The van der Waals surface area contributed by atoms with Gasteiger partial charge in [-0.25, -0.2) is 14.1 Å². The van der Waals surface area contributed by atoms with Gasteiger partial charge in [-0.3, -0.25) is 0 Å². The third-order valence-corrected chi connectivity index (χ3v) is 4.27. The second kappa shape index (κ2) is 7.57. The smallest absolute Gasteiger partial charge is 0.221 e. The second-order valence-corrected chi connectivity index (χ2v) is 6.25. The minimum atomic E-state index is -0.274. The van der Waals surface area contributed by atoms with Gasteiger partial charge in [0.1, 0.15) is 5.82 Å². The molecular formula is C18H23FN4O. The van der Waals surface area contributed by atoms with Crippen molar-refractivity contribution in [3.63, 3.8) is 0 Å². The molecule has 128 valence electrons. The first-order valence-electron chi connectivity index (χ1n) is 8.37. The SMILES string of the molecule is Cc1cn(N=Cc2ccc(COC3CCCCC3)c(F)c2)c(N)n1. The fraction of sp³-hybridized carbons (Fsp3) is 0.444. The number of nitrogen functional groups attached to an aromatic ring is 1. The molecule has 1 saturated carbocycles. The maximum absolute atomic E-state index is 14.2. The predicted octanol–water partition coefficient (Wildman–Crippen LogP) is 3.64. The van der Waals surface area contributed by atoms with Crippen molar-refractivity contribution in [3.05, 3.63) is 47.0 Å². The molecule has 0 atom stereocenters. The average molecular weight is 330 g/mol. The van der Waals surface area contributed by atoms with E-state index in [0.29, 0.717) is 23.7 Å². The topological polar surface area (TPSA) is 65.4 Å². The summed E-state index contributed by atoms with van der Waals surface area (Å²) < 4.78 is 21.5. The van der Waals surface area contributed by atoms with E-state index in [1.54, 1.807) is 18.5 Å². The Labute approximate surface area is 141 Å². The minimum Gasteiger partial charge on any atom is -0.373 e. The molecule has 2 aromatic rings. The molecular weight excluding hydrogens is 307 g/mol. The molecule has 1 aliphatic carbocycles. The first-order valence-corrected chi connectivity index (χ1v) is 8.37. The molecule has 6 heteroatoms. The molecule has 0 bridgehead atoms. The van der Waals surface area contributed by atoms with Crippen molar-refractivity contribution in [2.45, 2.75) is 51.7 Å². The normalized spacial score (nSPS) is 16.1. The van der Waals surface area contributed by atoms with E-state index in [2.05, 4.69) is 10.1 Å². The maximum Gasteiger partial charge on any atom is 0.221 e. The molecule has 0 aliphatic heterocycles. The molecule has 0 unspecified atom stereocenters. The summed E-state index contributed by atoms with van der Waals surface area (Å²) in [4.78, 5) is 4.06. The number of ether oxygens (including phenoxy) is 1. The van der Waals surface area contributed by atoms with Gasteiger partial charge >= 0.3 is 0 Å². The Kier molecular flexibility index (Phi) is 5.25. The summed E-state index contributed by atoms with van der Waals surface area (Å²) in [5, 5.41) is 4.19. The Morgan fingerprint density at radius 2 is 2.17 bits per heavy atom. The number of nitrogens with two attached hydrogens (primary N) is 1. The number of benzene rings is 1. The standard InChI is InChI=1S/C18H23FN4O/c1-13-11-23(18(20)22-13)21-10-14-7-8-15(17(19)9-14)12-24-16-5-3-2-4-6-16/h7-11,16H,2-6,12H2,1H3,(H2,20,22). The zero-order valence-electron chi connectivity index (χ0n) is 13.9. The molecule has 5 nitrogen and oxygen atoms in total. The first kappa shape index (κ1) is 16.6. The summed E-state index contributed by atoms with van der Waals surface area (Å²) in [6.45, 7) is 2.16. The molecule has 24 heavy (non-hydrogen) atoms. The molecule has 3 rings (SSSR count). The van der Waals surface area contributed by atoms with E-state index in [1.807, 2.05) is 13.0 Å². The van der Waals surface area contributed by atoms with E-state index >= 15 is 0 Å². The van der Waals surface area contributed by atoms with Crippen LogP contribution in [0.5, 0.6) is 0 Å². The predicted molar refractivity (Wildman–Crippen MR) is 92.4 cm³/mol. The Balaban J connectivity index is 1.62.